The number of halogens is 1. The number of para-hydroxylation sites is 1. The molecule has 0 amide bonds. The van der Waals surface area contributed by atoms with Crippen LogP contribution in [-0.4, -0.2) is 50.8 Å². The fourth-order valence-corrected chi connectivity index (χ4v) is 5.30. The zero-order valence-corrected chi connectivity index (χ0v) is 20.0. The second kappa shape index (κ2) is 9.99. The van der Waals surface area contributed by atoms with Crippen molar-refractivity contribution in [2.24, 2.45) is 0 Å². The predicted molar refractivity (Wildman–Crippen MR) is 131 cm³/mol. The van der Waals surface area contributed by atoms with E-state index in [-0.39, 0.29) is 0 Å². The van der Waals surface area contributed by atoms with Crippen LogP contribution in [0, 0.1) is 6.92 Å². The van der Waals surface area contributed by atoms with Crippen LogP contribution in [0.5, 0.6) is 0 Å². The maximum atomic E-state index is 6.75. The van der Waals surface area contributed by atoms with E-state index >= 15 is 0 Å². The number of aromatic nitrogens is 5. The monoisotopic (exact) mass is 480 g/mol. The number of rotatable bonds is 7. The highest BCUT2D eigenvalue weighted by Crippen LogP contribution is 2.31. The van der Waals surface area contributed by atoms with Crippen LogP contribution < -0.4 is 4.90 Å². The molecule has 0 spiro atoms. The Kier molecular flexibility index (Phi) is 6.66. The van der Waals surface area contributed by atoms with Gasteiger partial charge in [0.2, 0.25) is 5.95 Å². The van der Waals surface area contributed by atoms with E-state index in [0.717, 1.165) is 41.1 Å². The van der Waals surface area contributed by atoms with Crippen LogP contribution in [0.2, 0.25) is 5.15 Å². The maximum Gasteiger partial charge on any atom is 0.228 e. The van der Waals surface area contributed by atoms with Crippen molar-refractivity contribution in [3.8, 4) is 5.69 Å². The lowest BCUT2D eigenvalue weighted by molar-refractivity contribution is 0.121. The smallest absolute Gasteiger partial charge is 0.228 e. The Hall–Kier alpha value is -2.81. The maximum absolute atomic E-state index is 6.75. The number of hydrogen-bond donors (Lipinski definition) is 0. The molecule has 170 valence electrons. The summed E-state index contributed by atoms with van der Waals surface area (Å²) < 4.78 is 9.51. The molecule has 33 heavy (non-hydrogen) atoms. The van der Waals surface area contributed by atoms with E-state index in [1.165, 1.54) is 5.56 Å². The van der Waals surface area contributed by atoms with Crippen molar-refractivity contribution in [3.05, 3.63) is 82.6 Å². The highest BCUT2D eigenvalue weighted by molar-refractivity contribution is 7.98. The fraction of sp³-hybridized carbons (Fsp3) is 0.292. The molecule has 3 heterocycles. The van der Waals surface area contributed by atoms with Gasteiger partial charge in [-0.2, -0.15) is 5.10 Å². The van der Waals surface area contributed by atoms with E-state index in [4.69, 9.17) is 16.3 Å². The number of benzene rings is 2. The number of nitrogens with zero attached hydrogens (tertiary/aromatic N) is 6. The fourth-order valence-electron chi connectivity index (χ4n) is 3.86. The molecule has 1 fully saturated rings. The Morgan fingerprint density at radius 3 is 2.39 bits per heavy atom. The van der Waals surface area contributed by atoms with Crippen LogP contribution in [0.1, 0.15) is 16.8 Å². The standard InChI is InChI=1S/C24H25ClN6OS/c1-18-21(22(25)31(28-18)20-10-6-3-7-11-20)17-33-24-27-26-23(29-12-14-32-15-13-29)30(24)16-19-8-4-2-5-9-19/h2-11H,12-17H2,1H3. The van der Waals surface area contributed by atoms with E-state index < -0.39 is 0 Å². The van der Waals surface area contributed by atoms with Gasteiger partial charge < -0.3 is 9.64 Å². The minimum Gasteiger partial charge on any atom is -0.378 e. The third-order valence-corrected chi connectivity index (χ3v) is 7.02. The number of thioether (sulfide) groups is 1. The average molecular weight is 481 g/mol. The van der Waals surface area contributed by atoms with Gasteiger partial charge in [0.25, 0.3) is 0 Å². The van der Waals surface area contributed by atoms with Gasteiger partial charge in [-0.15, -0.1) is 10.2 Å². The van der Waals surface area contributed by atoms with Crippen molar-refractivity contribution in [2.45, 2.75) is 24.4 Å². The lowest BCUT2D eigenvalue weighted by Crippen LogP contribution is -2.38. The first-order chi connectivity index (χ1) is 16.2. The summed E-state index contributed by atoms with van der Waals surface area (Å²) in [6.45, 7) is 5.73. The summed E-state index contributed by atoms with van der Waals surface area (Å²) in [5.74, 6) is 1.54. The van der Waals surface area contributed by atoms with Crippen LogP contribution in [0.15, 0.2) is 65.8 Å². The van der Waals surface area contributed by atoms with Crippen molar-refractivity contribution in [2.75, 3.05) is 31.2 Å². The Labute approximate surface area is 202 Å². The summed E-state index contributed by atoms with van der Waals surface area (Å²) in [7, 11) is 0. The molecule has 0 atom stereocenters. The van der Waals surface area contributed by atoms with Gasteiger partial charge in [-0.05, 0) is 24.6 Å². The van der Waals surface area contributed by atoms with Crippen LogP contribution >= 0.6 is 23.4 Å². The molecule has 0 bridgehead atoms. The molecule has 0 unspecified atom stereocenters. The summed E-state index contributed by atoms with van der Waals surface area (Å²) in [6.07, 6.45) is 0. The second-order valence-electron chi connectivity index (χ2n) is 7.84. The normalized spacial score (nSPS) is 14.1. The largest absolute Gasteiger partial charge is 0.378 e. The third kappa shape index (κ3) is 4.78. The Morgan fingerprint density at radius 1 is 0.970 bits per heavy atom. The SMILES string of the molecule is Cc1nn(-c2ccccc2)c(Cl)c1CSc1nnc(N2CCOCC2)n1Cc1ccccc1. The van der Waals surface area contributed by atoms with Crippen LogP contribution in [-0.2, 0) is 17.0 Å². The lowest BCUT2D eigenvalue weighted by Gasteiger charge is -2.28. The quantitative estimate of drug-likeness (QED) is 0.360. The molecule has 1 aliphatic heterocycles. The first kappa shape index (κ1) is 22.0. The third-order valence-electron chi connectivity index (χ3n) is 5.64. The molecule has 1 aliphatic rings. The minimum absolute atomic E-state index is 0.633. The van der Waals surface area contributed by atoms with Gasteiger partial charge in [0.15, 0.2) is 5.16 Å². The zero-order valence-electron chi connectivity index (χ0n) is 18.4. The molecule has 5 rings (SSSR count). The summed E-state index contributed by atoms with van der Waals surface area (Å²) >= 11 is 8.38. The van der Waals surface area contributed by atoms with E-state index in [9.17, 15) is 0 Å². The van der Waals surface area contributed by atoms with Gasteiger partial charge in [-0.1, -0.05) is 71.9 Å². The van der Waals surface area contributed by atoms with Gasteiger partial charge in [-0.25, -0.2) is 4.68 Å². The molecule has 0 saturated carbocycles. The Bertz CT molecular complexity index is 1200. The van der Waals surface area contributed by atoms with Gasteiger partial charge in [-0.3, -0.25) is 4.57 Å². The summed E-state index contributed by atoms with van der Waals surface area (Å²) in [4.78, 5) is 2.25. The summed E-state index contributed by atoms with van der Waals surface area (Å²) in [5.41, 5.74) is 4.08. The van der Waals surface area contributed by atoms with Gasteiger partial charge in [0.1, 0.15) is 5.15 Å². The van der Waals surface area contributed by atoms with E-state index in [1.807, 2.05) is 43.3 Å². The Balaban J connectivity index is 1.42. The minimum atomic E-state index is 0.633. The van der Waals surface area contributed by atoms with Gasteiger partial charge in [0, 0.05) is 24.4 Å². The summed E-state index contributed by atoms with van der Waals surface area (Å²) in [5, 5.41) is 15.3. The number of hydrogen-bond acceptors (Lipinski definition) is 6. The molecule has 4 aromatic rings. The predicted octanol–water partition coefficient (Wildman–Crippen LogP) is 4.60. The van der Waals surface area contributed by atoms with Crippen molar-refractivity contribution in [3.63, 3.8) is 0 Å². The summed E-state index contributed by atoms with van der Waals surface area (Å²) in [6, 6.07) is 20.3. The molecule has 0 N–H and O–H groups in total. The van der Waals surface area contributed by atoms with E-state index in [2.05, 4.69) is 49.0 Å². The first-order valence-corrected chi connectivity index (χ1v) is 12.3. The molecule has 2 aromatic carbocycles. The number of aryl methyl sites for hydroxylation is 1. The van der Waals surface area contributed by atoms with Crippen molar-refractivity contribution in [1.82, 2.24) is 24.5 Å². The highest BCUT2D eigenvalue weighted by atomic mass is 35.5. The molecule has 2 aromatic heterocycles. The van der Waals surface area contributed by atoms with Crippen LogP contribution in [0.3, 0.4) is 0 Å². The number of anilines is 1. The van der Waals surface area contributed by atoms with Gasteiger partial charge in [0.05, 0.1) is 31.1 Å². The second-order valence-corrected chi connectivity index (χ2v) is 9.15. The molecule has 7 nitrogen and oxygen atoms in total. The van der Waals surface area contributed by atoms with E-state index in [1.54, 1.807) is 16.4 Å². The van der Waals surface area contributed by atoms with E-state index in [0.29, 0.717) is 30.7 Å². The van der Waals surface area contributed by atoms with Crippen molar-refractivity contribution >= 4 is 29.3 Å². The molecular formula is C24H25ClN6OS. The number of ether oxygens (including phenoxy) is 1. The molecule has 0 radical (unpaired) electrons. The van der Waals surface area contributed by atoms with Crippen molar-refractivity contribution < 1.29 is 4.74 Å². The van der Waals surface area contributed by atoms with Gasteiger partial charge >= 0.3 is 0 Å². The first-order valence-electron chi connectivity index (χ1n) is 10.9. The lowest BCUT2D eigenvalue weighted by atomic mass is 10.2. The molecule has 9 heteroatoms. The molecular weight excluding hydrogens is 456 g/mol. The van der Waals surface area contributed by atoms with Crippen molar-refractivity contribution in [1.29, 1.82) is 0 Å². The average Bonchev–Trinajstić information content (AvgIpc) is 3.39. The Morgan fingerprint density at radius 2 is 1.67 bits per heavy atom. The number of morpholine rings is 1. The van der Waals surface area contributed by atoms with Crippen LogP contribution in [0.4, 0.5) is 5.95 Å². The van der Waals surface area contributed by atoms with Crippen LogP contribution in [0.25, 0.3) is 5.69 Å². The highest BCUT2D eigenvalue weighted by Gasteiger charge is 2.22. The molecule has 0 aliphatic carbocycles. The zero-order chi connectivity index (χ0) is 22.6. The topological polar surface area (TPSA) is 61.0 Å². The molecule has 1 saturated heterocycles.